The zero-order valence-electron chi connectivity index (χ0n) is 20.0. The molecular formula is C27H29FN4O3S. The third-order valence-electron chi connectivity index (χ3n) is 7.77. The molecule has 0 aromatic heterocycles. The van der Waals surface area contributed by atoms with E-state index in [0.29, 0.717) is 17.1 Å². The Morgan fingerprint density at radius 3 is 2.61 bits per heavy atom. The van der Waals surface area contributed by atoms with Crippen LogP contribution in [0, 0.1) is 11.7 Å². The van der Waals surface area contributed by atoms with E-state index in [1.165, 1.54) is 18.6 Å². The summed E-state index contributed by atoms with van der Waals surface area (Å²) in [5, 5.41) is 14.4. The van der Waals surface area contributed by atoms with E-state index in [9.17, 15) is 18.5 Å². The Morgan fingerprint density at radius 1 is 1.06 bits per heavy atom. The number of amidine groups is 1. The summed E-state index contributed by atoms with van der Waals surface area (Å²) in [7, 11) is -1.71. The Hall–Kier alpha value is -3.20. The van der Waals surface area contributed by atoms with Gasteiger partial charge in [0, 0.05) is 37.3 Å². The lowest BCUT2D eigenvalue weighted by atomic mass is 9.89. The van der Waals surface area contributed by atoms with Crippen molar-refractivity contribution in [2.24, 2.45) is 10.3 Å². The lowest BCUT2D eigenvalue weighted by Gasteiger charge is -2.39. The van der Waals surface area contributed by atoms with Crippen LogP contribution in [-0.4, -0.2) is 45.1 Å². The molecule has 1 amide bonds. The van der Waals surface area contributed by atoms with Crippen molar-refractivity contribution in [1.29, 1.82) is 0 Å². The lowest BCUT2D eigenvalue weighted by molar-refractivity contribution is -0.132. The van der Waals surface area contributed by atoms with Gasteiger partial charge in [-0.15, -0.1) is 0 Å². The van der Waals surface area contributed by atoms with Crippen molar-refractivity contribution in [3.8, 4) is 0 Å². The van der Waals surface area contributed by atoms with Gasteiger partial charge >= 0.3 is 0 Å². The highest BCUT2D eigenvalue weighted by Gasteiger charge is 2.46. The van der Waals surface area contributed by atoms with E-state index in [1.807, 2.05) is 18.2 Å². The lowest BCUT2D eigenvalue weighted by Crippen LogP contribution is -2.49. The molecule has 0 spiro atoms. The molecule has 2 aromatic carbocycles. The van der Waals surface area contributed by atoms with Crippen molar-refractivity contribution < 1.29 is 18.5 Å². The first kappa shape index (κ1) is 23.2. The van der Waals surface area contributed by atoms with Crippen molar-refractivity contribution >= 4 is 34.1 Å². The molecule has 0 radical (unpaired) electrons. The van der Waals surface area contributed by atoms with Crippen LogP contribution in [0.15, 0.2) is 63.1 Å². The van der Waals surface area contributed by atoms with Crippen LogP contribution in [0.2, 0.25) is 0 Å². The maximum absolute atomic E-state index is 13.7. The SMILES string of the molecule is O=C1C(C2=NS(=O)c3cc(N4CCCCC4)ccc3N2)=C(O)C2CCCC2N1Cc1ccc(F)cc1. The Kier molecular flexibility index (Phi) is 6.03. The summed E-state index contributed by atoms with van der Waals surface area (Å²) < 4.78 is 31.0. The number of halogens is 1. The van der Waals surface area contributed by atoms with Gasteiger partial charge in [-0.25, -0.2) is 8.60 Å². The molecule has 2 N–H and O–H groups in total. The van der Waals surface area contributed by atoms with Crippen molar-refractivity contribution in [3.63, 3.8) is 0 Å². The number of nitrogens with one attached hydrogen (secondary N) is 1. The second-order valence-corrected chi connectivity index (χ2v) is 11.1. The summed E-state index contributed by atoms with van der Waals surface area (Å²) in [6.45, 7) is 2.27. The van der Waals surface area contributed by atoms with Gasteiger partial charge < -0.3 is 20.2 Å². The minimum Gasteiger partial charge on any atom is -0.511 e. The Balaban J connectivity index is 1.31. The highest BCUT2D eigenvalue weighted by atomic mass is 32.2. The largest absolute Gasteiger partial charge is 0.511 e. The standard InChI is InChI=1S/C27H29FN4O3S/c28-18-9-7-17(8-10-18)16-32-22-6-4-5-20(22)25(33)24(27(32)34)26-29-21-12-11-19(15-23(21)36(35)30-26)31-13-2-1-3-14-31/h7-12,15,20,22,33H,1-6,13-14,16H2,(H,29,30). The van der Waals surface area contributed by atoms with Crippen LogP contribution in [0.3, 0.4) is 0 Å². The number of hydrogen-bond acceptors (Lipinski definition) is 5. The number of benzene rings is 2. The van der Waals surface area contributed by atoms with E-state index >= 15 is 0 Å². The smallest absolute Gasteiger partial charge is 0.261 e. The summed E-state index contributed by atoms with van der Waals surface area (Å²) >= 11 is 0. The molecule has 9 heteroatoms. The van der Waals surface area contributed by atoms with Gasteiger partial charge in [-0.2, -0.15) is 4.40 Å². The number of aliphatic hydroxyl groups is 1. The van der Waals surface area contributed by atoms with E-state index < -0.39 is 11.0 Å². The molecule has 3 atom stereocenters. The molecule has 4 aliphatic rings. The number of rotatable bonds is 4. The van der Waals surface area contributed by atoms with E-state index in [2.05, 4.69) is 14.6 Å². The topological polar surface area (TPSA) is 85.2 Å². The first-order chi connectivity index (χ1) is 17.5. The summed E-state index contributed by atoms with van der Waals surface area (Å²) in [4.78, 5) is 18.4. The van der Waals surface area contributed by atoms with Crippen molar-refractivity contribution in [3.05, 3.63) is 65.2 Å². The van der Waals surface area contributed by atoms with Crippen LogP contribution >= 0.6 is 0 Å². The van der Waals surface area contributed by atoms with E-state index in [-0.39, 0.29) is 40.9 Å². The fraction of sp³-hybridized carbons (Fsp3) is 0.407. The van der Waals surface area contributed by atoms with Crippen LogP contribution in [0.25, 0.3) is 0 Å². The van der Waals surface area contributed by atoms with Crippen molar-refractivity contribution in [1.82, 2.24) is 4.90 Å². The second-order valence-electron chi connectivity index (χ2n) is 9.97. The van der Waals surface area contributed by atoms with E-state index in [4.69, 9.17) is 0 Å². The average molecular weight is 509 g/mol. The van der Waals surface area contributed by atoms with Crippen LogP contribution in [0.1, 0.15) is 44.1 Å². The molecule has 3 unspecified atom stereocenters. The van der Waals surface area contributed by atoms with Crippen LogP contribution in [0.5, 0.6) is 0 Å². The van der Waals surface area contributed by atoms with Crippen LogP contribution in [0.4, 0.5) is 15.8 Å². The molecular weight excluding hydrogens is 479 g/mol. The molecule has 3 aliphatic heterocycles. The first-order valence-electron chi connectivity index (χ1n) is 12.6. The Bertz CT molecular complexity index is 1290. The molecule has 1 aliphatic carbocycles. The van der Waals surface area contributed by atoms with Crippen LogP contribution in [-0.2, 0) is 22.3 Å². The Labute approximate surface area is 212 Å². The van der Waals surface area contributed by atoms with E-state index in [0.717, 1.165) is 56.4 Å². The van der Waals surface area contributed by atoms with Gasteiger partial charge in [0.25, 0.3) is 5.91 Å². The molecule has 6 rings (SSSR count). The number of nitrogens with zero attached hydrogens (tertiary/aromatic N) is 3. The molecule has 36 heavy (non-hydrogen) atoms. The molecule has 1 saturated carbocycles. The minimum atomic E-state index is -1.71. The molecule has 188 valence electrons. The van der Waals surface area contributed by atoms with Gasteiger partial charge in [0.05, 0.1) is 10.6 Å². The van der Waals surface area contributed by atoms with Gasteiger partial charge in [0.2, 0.25) is 0 Å². The van der Waals surface area contributed by atoms with Gasteiger partial charge in [0.15, 0.2) is 16.8 Å². The summed E-state index contributed by atoms with van der Waals surface area (Å²) in [5.41, 5.74) is 2.55. The zero-order chi connectivity index (χ0) is 24.8. The third-order valence-corrected chi connectivity index (χ3v) is 8.83. The number of piperidine rings is 1. The number of carbonyl (C=O) groups is 1. The number of carbonyl (C=O) groups excluding carboxylic acids is 1. The normalized spacial score (nSPS) is 25.9. The number of fused-ring (bicyclic) bond motifs is 2. The summed E-state index contributed by atoms with van der Waals surface area (Å²) in [6.07, 6.45) is 5.98. The molecule has 2 aromatic rings. The van der Waals surface area contributed by atoms with Gasteiger partial charge in [0.1, 0.15) is 17.1 Å². The number of aliphatic hydroxyl groups excluding tert-OH is 1. The summed E-state index contributed by atoms with van der Waals surface area (Å²) in [6, 6.07) is 11.8. The first-order valence-corrected chi connectivity index (χ1v) is 13.8. The second kappa shape index (κ2) is 9.35. The molecule has 0 bridgehead atoms. The zero-order valence-corrected chi connectivity index (χ0v) is 20.8. The number of hydrogen-bond donors (Lipinski definition) is 2. The number of amides is 1. The minimum absolute atomic E-state index is 0.0227. The van der Waals surface area contributed by atoms with Crippen LogP contribution < -0.4 is 10.2 Å². The highest BCUT2D eigenvalue weighted by Crippen LogP contribution is 2.42. The quantitative estimate of drug-likeness (QED) is 0.626. The van der Waals surface area contributed by atoms with Crippen molar-refractivity contribution in [2.75, 3.05) is 23.3 Å². The molecule has 3 heterocycles. The van der Waals surface area contributed by atoms with Gasteiger partial charge in [-0.3, -0.25) is 4.79 Å². The average Bonchev–Trinajstić information content (AvgIpc) is 3.39. The predicted molar refractivity (Wildman–Crippen MR) is 138 cm³/mol. The molecule has 7 nitrogen and oxygen atoms in total. The fourth-order valence-corrected chi connectivity index (χ4v) is 6.85. The maximum atomic E-state index is 13.7. The third kappa shape index (κ3) is 4.09. The van der Waals surface area contributed by atoms with Gasteiger partial charge in [-0.1, -0.05) is 18.6 Å². The maximum Gasteiger partial charge on any atom is 0.261 e. The van der Waals surface area contributed by atoms with Gasteiger partial charge in [-0.05, 0) is 68.0 Å². The fourth-order valence-electron chi connectivity index (χ4n) is 5.92. The van der Waals surface area contributed by atoms with Crippen molar-refractivity contribution in [2.45, 2.75) is 56.0 Å². The summed E-state index contributed by atoms with van der Waals surface area (Å²) in [5.74, 6) is -0.709. The Morgan fingerprint density at radius 2 is 1.83 bits per heavy atom. The number of anilines is 2. The highest BCUT2D eigenvalue weighted by molar-refractivity contribution is 7.84. The monoisotopic (exact) mass is 508 g/mol. The molecule has 2 fully saturated rings. The molecule has 1 saturated heterocycles. The van der Waals surface area contributed by atoms with E-state index in [1.54, 1.807) is 17.0 Å². The predicted octanol–water partition coefficient (Wildman–Crippen LogP) is 4.69.